The largest absolute Gasteiger partial charge is 0.493 e. The number of nitrogens with zero attached hydrogens (tertiary/aromatic N) is 2. The van der Waals surface area contributed by atoms with E-state index in [1.165, 1.54) is 6.07 Å². The van der Waals surface area contributed by atoms with Crippen LogP contribution < -0.4 is 14.4 Å². The third-order valence-electron chi connectivity index (χ3n) is 9.62. The minimum atomic E-state index is -0.914. The van der Waals surface area contributed by atoms with E-state index < -0.39 is 17.9 Å². The molecule has 3 aromatic carbocycles. The molecule has 47 heavy (non-hydrogen) atoms. The highest BCUT2D eigenvalue weighted by atomic mass is 19.1. The number of amides is 1. The Bertz CT molecular complexity index is 1540. The van der Waals surface area contributed by atoms with Gasteiger partial charge in [0, 0.05) is 42.2 Å². The van der Waals surface area contributed by atoms with Crippen molar-refractivity contribution in [1.82, 2.24) is 4.90 Å². The lowest BCUT2D eigenvalue weighted by Crippen LogP contribution is -2.48. The molecule has 2 aliphatic heterocycles. The molecule has 1 fully saturated rings. The Morgan fingerprint density at radius 1 is 1.09 bits per heavy atom. The van der Waals surface area contributed by atoms with Gasteiger partial charge in [0.1, 0.15) is 17.3 Å². The van der Waals surface area contributed by atoms with E-state index >= 15 is 0 Å². The Balaban J connectivity index is 1.47. The number of aliphatic hydroxyl groups excluding tert-OH is 1. The first-order valence-electron chi connectivity index (χ1n) is 16.9. The summed E-state index contributed by atoms with van der Waals surface area (Å²) < 4.78 is 26.1. The zero-order chi connectivity index (χ0) is 33.5. The lowest BCUT2D eigenvalue weighted by atomic mass is 9.83. The van der Waals surface area contributed by atoms with Gasteiger partial charge in [-0.3, -0.25) is 14.5 Å². The van der Waals surface area contributed by atoms with E-state index in [1.807, 2.05) is 34.1 Å². The maximum Gasteiger partial charge on any atom is 0.308 e. The number of aryl methyl sites for hydroxylation is 1. The minimum Gasteiger partial charge on any atom is -0.493 e. The predicted molar refractivity (Wildman–Crippen MR) is 180 cm³/mol. The van der Waals surface area contributed by atoms with E-state index in [1.54, 1.807) is 31.2 Å². The first kappa shape index (κ1) is 34.4. The number of aliphatic carboxylic acids is 1. The summed E-state index contributed by atoms with van der Waals surface area (Å²) in [6, 6.07) is 17.4. The maximum atomic E-state index is 14.5. The van der Waals surface area contributed by atoms with Crippen molar-refractivity contribution in [2.75, 3.05) is 31.2 Å². The van der Waals surface area contributed by atoms with Gasteiger partial charge in [-0.1, -0.05) is 57.0 Å². The normalized spacial score (nSPS) is 19.1. The van der Waals surface area contributed by atoms with Crippen LogP contribution in [0.1, 0.15) is 74.1 Å². The van der Waals surface area contributed by atoms with Crippen LogP contribution in [0.3, 0.4) is 0 Å². The molecule has 2 heterocycles. The average Bonchev–Trinajstić information content (AvgIpc) is 3.67. The van der Waals surface area contributed by atoms with Crippen LogP contribution in [-0.2, 0) is 22.6 Å². The first-order chi connectivity index (χ1) is 22.7. The summed E-state index contributed by atoms with van der Waals surface area (Å²) in [5.41, 5.74) is 3.78. The van der Waals surface area contributed by atoms with Gasteiger partial charge in [0.05, 0.1) is 32.3 Å². The van der Waals surface area contributed by atoms with Gasteiger partial charge < -0.3 is 24.6 Å². The summed E-state index contributed by atoms with van der Waals surface area (Å²) in [6.45, 7) is 6.96. The third kappa shape index (κ3) is 7.79. The Labute approximate surface area is 277 Å². The van der Waals surface area contributed by atoms with E-state index in [0.717, 1.165) is 49.0 Å². The smallest absolute Gasteiger partial charge is 0.308 e. The van der Waals surface area contributed by atoms with Crippen LogP contribution in [0.25, 0.3) is 0 Å². The highest BCUT2D eigenvalue weighted by Crippen LogP contribution is 2.41. The van der Waals surface area contributed by atoms with Crippen molar-refractivity contribution in [3.05, 3.63) is 88.7 Å². The number of benzene rings is 3. The molecular weight excluding hydrogens is 599 g/mol. The fraction of sp³-hybridized carbons (Fsp3) is 0.474. The van der Waals surface area contributed by atoms with Crippen molar-refractivity contribution in [3.8, 4) is 11.5 Å². The second-order valence-corrected chi connectivity index (χ2v) is 12.8. The minimum absolute atomic E-state index is 0.0204. The van der Waals surface area contributed by atoms with Crippen molar-refractivity contribution < 1.29 is 33.7 Å². The number of fused-ring (bicyclic) bond motifs is 1. The zero-order valence-corrected chi connectivity index (χ0v) is 27.7. The summed E-state index contributed by atoms with van der Waals surface area (Å²) in [5, 5.41) is 20.4. The van der Waals surface area contributed by atoms with E-state index in [0.29, 0.717) is 42.1 Å². The number of rotatable bonds is 15. The molecule has 0 spiro atoms. The number of carboxylic acid groups (broad SMARTS) is 1. The van der Waals surface area contributed by atoms with E-state index in [2.05, 4.69) is 19.9 Å². The maximum absolute atomic E-state index is 14.5. The molecule has 9 heteroatoms. The van der Waals surface area contributed by atoms with E-state index in [4.69, 9.17) is 9.47 Å². The standard InChI is InChI=1S/C38H47FN2O6/c1-4-8-29(9-5-2)41(30-13-14-32(39)25(3)20-30)36(43)23-40-22-31(26-12-15-35-27(21-26)16-18-46-35)37(38(44)45)33(40)17-19-47-34-11-7-6-10-28(34)24-42/h6-7,10-15,20-21,29,31,33,37,42H,4-5,8-9,16-19,22-24H2,1-3H3,(H,44,45)/t31-,33+,37-/m1/s1. The predicted octanol–water partition coefficient (Wildman–Crippen LogP) is 6.50. The molecule has 0 unspecified atom stereocenters. The van der Waals surface area contributed by atoms with E-state index in [9.17, 15) is 24.2 Å². The van der Waals surface area contributed by atoms with Crippen molar-refractivity contribution in [2.45, 2.75) is 83.9 Å². The number of likely N-dealkylation sites (tertiary alicyclic amines) is 1. The number of carbonyl (C=O) groups excluding carboxylic acids is 1. The topological polar surface area (TPSA) is 99.5 Å². The summed E-state index contributed by atoms with van der Waals surface area (Å²) in [5.74, 6) is -1.10. The quantitative estimate of drug-likeness (QED) is 0.195. The fourth-order valence-corrected chi connectivity index (χ4v) is 7.35. The average molecular weight is 647 g/mol. The lowest BCUT2D eigenvalue weighted by molar-refractivity contribution is -0.143. The molecule has 8 nitrogen and oxygen atoms in total. The second kappa shape index (κ2) is 15.8. The molecule has 2 aliphatic rings. The molecule has 0 bridgehead atoms. The van der Waals surface area contributed by atoms with Crippen molar-refractivity contribution in [2.24, 2.45) is 5.92 Å². The number of aliphatic hydroxyl groups is 1. The molecule has 0 aromatic heterocycles. The molecule has 1 saturated heterocycles. The highest BCUT2D eigenvalue weighted by Gasteiger charge is 2.47. The summed E-state index contributed by atoms with van der Waals surface area (Å²) in [7, 11) is 0. The van der Waals surface area contributed by atoms with Crippen molar-refractivity contribution in [3.63, 3.8) is 0 Å². The second-order valence-electron chi connectivity index (χ2n) is 12.8. The molecule has 2 N–H and O–H groups in total. The highest BCUT2D eigenvalue weighted by molar-refractivity contribution is 5.95. The number of hydrogen-bond acceptors (Lipinski definition) is 6. The van der Waals surface area contributed by atoms with Crippen LogP contribution >= 0.6 is 0 Å². The van der Waals surface area contributed by atoms with Gasteiger partial charge in [0.25, 0.3) is 0 Å². The van der Waals surface area contributed by atoms with Gasteiger partial charge in [0.15, 0.2) is 0 Å². The van der Waals surface area contributed by atoms with Crippen molar-refractivity contribution >= 4 is 17.6 Å². The Morgan fingerprint density at radius 3 is 2.55 bits per heavy atom. The summed E-state index contributed by atoms with van der Waals surface area (Å²) in [4.78, 5) is 31.3. The van der Waals surface area contributed by atoms with Crippen LogP contribution in [0.15, 0.2) is 60.7 Å². The van der Waals surface area contributed by atoms with E-state index in [-0.39, 0.29) is 43.4 Å². The van der Waals surface area contributed by atoms with Crippen LogP contribution in [0.4, 0.5) is 10.1 Å². The monoisotopic (exact) mass is 646 g/mol. The van der Waals surface area contributed by atoms with Crippen LogP contribution in [0, 0.1) is 18.7 Å². The van der Waals surface area contributed by atoms with Crippen LogP contribution in [-0.4, -0.2) is 65.4 Å². The molecule has 3 atom stereocenters. The van der Waals surface area contributed by atoms with Gasteiger partial charge in [-0.05, 0) is 73.2 Å². The molecule has 3 aromatic rings. The number of carboxylic acids is 1. The number of anilines is 1. The molecule has 1 amide bonds. The lowest BCUT2D eigenvalue weighted by Gasteiger charge is -2.35. The Kier molecular flexibility index (Phi) is 11.5. The molecule has 0 saturated carbocycles. The fourth-order valence-electron chi connectivity index (χ4n) is 7.35. The number of ether oxygens (including phenoxy) is 2. The third-order valence-corrected chi connectivity index (χ3v) is 9.62. The van der Waals surface area contributed by atoms with Crippen molar-refractivity contribution in [1.29, 1.82) is 0 Å². The van der Waals surface area contributed by atoms with Gasteiger partial charge in [0.2, 0.25) is 5.91 Å². The molecule has 5 rings (SSSR count). The van der Waals surface area contributed by atoms with Crippen LogP contribution in [0.2, 0.25) is 0 Å². The number of hydrogen-bond donors (Lipinski definition) is 2. The summed E-state index contributed by atoms with van der Waals surface area (Å²) >= 11 is 0. The molecular formula is C38H47FN2O6. The van der Waals surface area contributed by atoms with Gasteiger partial charge >= 0.3 is 5.97 Å². The Hall–Kier alpha value is -3.95. The Morgan fingerprint density at radius 2 is 1.85 bits per heavy atom. The number of carbonyl (C=O) groups is 2. The van der Waals surface area contributed by atoms with Gasteiger partial charge in [-0.15, -0.1) is 0 Å². The van der Waals surface area contributed by atoms with Gasteiger partial charge in [-0.2, -0.15) is 0 Å². The molecule has 0 radical (unpaired) electrons. The number of halogens is 1. The summed E-state index contributed by atoms with van der Waals surface area (Å²) in [6.07, 6.45) is 4.53. The molecule has 0 aliphatic carbocycles. The van der Waals surface area contributed by atoms with Gasteiger partial charge in [-0.25, -0.2) is 4.39 Å². The SMILES string of the molecule is CCCC(CCC)N(C(=O)CN1C[C@H](c2ccc3c(c2)CCO3)[C@@H](C(=O)O)[C@@H]1CCOc1ccccc1CO)c1ccc(F)c(C)c1. The number of para-hydroxylation sites is 1. The molecule has 252 valence electrons. The first-order valence-corrected chi connectivity index (χ1v) is 16.9. The van der Waals surface area contributed by atoms with Crippen LogP contribution in [0.5, 0.6) is 11.5 Å². The zero-order valence-electron chi connectivity index (χ0n) is 27.7.